The Kier molecular flexibility index (Phi) is 6.83. The van der Waals surface area contributed by atoms with Crippen LogP contribution in [0.1, 0.15) is 18.1 Å². The van der Waals surface area contributed by atoms with E-state index >= 15 is 0 Å². The number of ether oxygens (including phenoxy) is 1. The second kappa shape index (κ2) is 9.08. The standard InChI is InChI=1S/C19H20ClNO4/c1-2-25-19-15(9-6-10-16(19)20)11-17(22)21(13-18(23)24)12-14-7-4-3-5-8-14/h3-10H,2,11-13H2,1H3,(H,23,24). The number of nitrogens with zero attached hydrogens (tertiary/aromatic N) is 1. The molecule has 0 saturated heterocycles. The van der Waals surface area contributed by atoms with E-state index in [1.807, 2.05) is 37.3 Å². The van der Waals surface area contributed by atoms with E-state index in [-0.39, 0.29) is 25.4 Å². The van der Waals surface area contributed by atoms with Gasteiger partial charge >= 0.3 is 5.97 Å². The summed E-state index contributed by atoms with van der Waals surface area (Å²) in [5, 5.41) is 9.55. The molecule has 0 aliphatic rings. The predicted octanol–water partition coefficient (Wildman–Crippen LogP) is 3.39. The Morgan fingerprint density at radius 2 is 1.84 bits per heavy atom. The van der Waals surface area contributed by atoms with Crippen molar-refractivity contribution in [1.29, 1.82) is 0 Å². The van der Waals surface area contributed by atoms with Gasteiger partial charge in [-0.2, -0.15) is 0 Å². The van der Waals surface area contributed by atoms with E-state index in [1.54, 1.807) is 18.2 Å². The summed E-state index contributed by atoms with van der Waals surface area (Å²) in [6.45, 7) is 2.13. The lowest BCUT2D eigenvalue weighted by Crippen LogP contribution is -2.36. The smallest absolute Gasteiger partial charge is 0.323 e. The Morgan fingerprint density at radius 3 is 2.48 bits per heavy atom. The summed E-state index contributed by atoms with van der Waals surface area (Å²) in [4.78, 5) is 25.1. The zero-order valence-corrected chi connectivity index (χ0v) is 14.7. The zero-order valence-electron chi connectivity index (χ0n) is 13.9. The van der Waals surface area contributed by atoms with Gasteiger partial charge in [-0.1, -0.05) is 54.1 Å². The minimum atomic E-state index is -1.06. The molecule has 0 aliphatic heterocycles. The second-order valence-corrected chi connectivity index (χ2v) is 5.87. The SMILES string of the molecule is CCOc1c(Cl)cccc1CC(=O)N(CC(=O)O)Cc1ccccc1. The summed E-state index contributed by atoms with van der Waals surface area (Å²) in [5.74, 6) is -0.884. The summed E-state index contributed by atoms with van der Waals surface area (Å²) >= 11 is 6.14. The van der Waals surface area contributed by atoms with E-state index in [9.17, 15) is 9.59 Å². The van der Waals surface area contributed by atoms with Gasteiger partial charge in [0.05, 0.1) is 18.1 Å². The fourth-order valence-corrected chi connectivity index (χ4v) is 2.72. The maximum atomic E-state index is 12.7. The lowest BCUT2D eigenvalue weighted by Gasteiger charge is -2.22. The molecule has 25 heavy (non-hydrogen) atoms. The average Bonchev–Trinajstić information content (AvgIpc) is 2.58. The highest BCUT2D eigenvalue weighted by Gasteiger charge is 2.20. The molecule has 0 heterocycles. The van der Waals surface area contributed by atoms with E-state index in [0.29, 0.717) is 22.9 Å². The van der Waals surface area contributed by atoms with Crippen LogP contribution in [0.5, 0.6) is 5.75 Å². The molecule has 6 heteroatoms. The van der Waals surface area contributed by atoms with Gasteiger partial charge in [-0.25, -0.2) is 0 Å². The van der Waals surface area contributed by atoms with Crippen molar-refractivity contribution in [2.75, 3.05) is 13.2 Å². The minimum Gasteiger partial charge on any atom is -0.492 e. The predicted molar refractivity (Wildman–Crippen MR) is 95.8 cm³/mol. The number of rotatable bonds is 8. The number of halogens is 1. The van der Waals surface area contributed by atoms with E-state index in [2.05, 4.69) is 0 Å². The summed E-state index contributed by atoms with van der Waals surface area (Å²) in [6, 6.07) is 14.5. The Morgan fingerprint density at radius 1 is 1.12 bits per heavy atom. The molecule has 0 spiro atoms. The highest BCUT2D eigenvalue weighted by atomic mass is 35.5. The quantitative estimate of drug-likeness (QED) is 0.782. The van der Waals surface area contributed by atoms with Gasteiger partial charge in [-0.15, -0.1) is 0 Å². The van der Waals surface area contributed by atoms with Gasteiger partial charge in [-0.05, 0) is 18.6 Å². The molecular formula is C19H20ClNO4. The van der Waals surface area contributed by atoms with Crippen LogP contribution >= 0.6 is 11.6 Å². The van der Waals surface area contributed by atoms with Crippen LogP contribution in [0.15, 0.2) is 48.5 Å². The largest absolute Gasteiger partial charge is 0.492 e. The van der Waals surface area contributed by atoms with Crippen molar-refractivity contribution in [3.8, 4) is 5.75 Å². The molecule has 0 atom stereocenters. The van der Waals surface area contributed by atoms with Gasteiger partial charge in [0.2, 0.25) is 5.91 Å². The molecule has 1 N–H and O–H groups in total. The molecule has 0 fully saturated rings. The summed E-state index contributed by atoms with van der Waals surface area (Å²) < 4.78 is 5.53. The van der Waals surface area contributed by atoms with Gasteiger partial charge in [0.1, 0.15) is 12.3 Å². The monoisotopic (exact) mass is 361 g/mol. The fourth-order valence-electron chi connectivity index (χ4n) is 2.47. The normalized spacial score (nSPS) is 10.3. The zero-order chi connectivity index (χ0) is 18.2. The fraction of sp³-hybridized carbons (Fsp3) is 0.263. The Bertz CT molecular complexity index is 733. The topological polar surface area (TPSA) is 66.8 Å². The molecule has 0 saturated carbocycles. The van der Waals surface area contributed by atoms with Crippen LogP contribution in [0.4, 0.5) is 0 Å². The van der Waals surface area contributed by atoms with E-state index < -0.39 is 5.97 Å². The number of para-hydroxylation sites is 1. The number of amides is 1. The van der Waals surface area contributed by atoms with Crippen molar-refractivity contribution in [3.05, 3.63) is 64.7 Å². The third kappa shape index (κ3) is 5.50. The van der Waals surface area contributed by atoms with Crippen LogP contribution in [0, 0.1) is 0 Å². The molecule has 0 unspecified atom stereocenters. The van der Waals surface area contributed by atoms with Gasteiger partial charge in [0.25, 0.3) is 0 Å². The second-order valence-electron chi connectivity index (χ2n) is 5.47. The van der Waals surface area contributed by atoms with Crippen LogP contribution in [0.3, 0.4) is 0 Å². The van der Waals surface area contributed by atoms with Crippen LogP contribution in [0.25, 0.3) is 0 Å². The highest BCUT2D eigenvalue weighted by Crippen LogP contribution is 2.29. The Hall–Kier alpha value is -2.53. The number of hydrogen-bond donors (Lipinski definition) is 1. The van der Waals surface area contributed by atoms with Crippen molar-refractivity contribution >= 4 is 23.5 Å². The first-order valence-electron chi connectivity index (χ1n) is 7.95. The first-order valence-corrected chi connectivity index (χ1v) is 8.32. The maximum Gasteiger partial charge on any atom is 0.323 e. The van der Waals surface area contributed by atoms with Crippen LogP contribution in [-0.4, -0.2) is 35.0 Å². The lowest BCUT2D eigenvalue weighted by atomic mass is 10.1. The highest BCUT2D eigenvalue weighted by molar-refractivity contribution is 6.32. The molecule has 0 aromatic heterocycles. The molecule has 132 valence electrons. The molecule has 0 radical (unpaired) electrons. The van der Waals surface area contributed by atoms with Crippen molar-refractivity contribution in [1.82, 2.24) is 4.90 Å². The number of carboxylic acid groups (broad SMARTS) is 1. The van der Waals surface area contributed by atoms with Gasteiger partial charge in [0.15, 0.2) is 0 Å². The maximum absolute atomic E-state index is 12.7. The summed E-state index contributed by atoms with van der Waals surface area (Å²) in [5.41, 5.74) is 1.51. The number of carbonyl (C=O) groups excluding carboxylic acids is 1. The van der Waals surface area contributed by atoms with Crippen molar-refractivity contribution in [2.45, 2.75) is 19.9 Å². The Labute approximate surface area is 151 Å². The number of benzene rings is 2. The number of carbonyl (C=O) groups is 2. The summed E-state index contributed by atoms with van der Waals surface area (Å²) in [6.07, 6.45) is 0.0238. The van der Waals surface area contributed by atoms with Crippen molar-refractivity contribution < 1.29 is 19.4 Å². The minimum absolute atomic E-state index is 0.0238. The van der Waals surface area contributed by atoms with Gasteiger partial charge < -0.3 is 14.7 Å². The van der Waals surface area contributed by atoms with Crippen molar-refractivity contribution in [2.24, 2.45) is 0 Å². The molecule has 0 bridgehead atoms. The van der Waals surface area contributed by atoms with Crippen LogP contribution < -0.4 is 4.74 Å². The van der Waals surface area contributed by atoms with Crippen molar-refractivity contribution in [3.63, 3.8) is 0 Å². The first kappa shape index (κ1) is 18.8. The third-order valence-electron chi connectivity index (χ3n) is 3.57. The summed E-state index contributed by atoms with van der Waals surface area (Å²) in [7, 11) is 0. The van der Waals surface area contributed by atoms with Crippen LogP contribution in [0.2, 0.25) is 5.02 Å². The Balaban J connectivity index is 2.19. The third-order valence-corrected chi connectivity index (χ3v) is 3.87. The number of aliphatic carboxylic acids is 1. The molecule has 2 aromatic rings. The molecule has 2 aromatic carbocycles. The van der Waals surface area contributed by atoms with Gasteiger partial charge in [0, 0.05) is 12.1 Å². The molecular weight excluding hydrogens is 342 g/mol. The first-order chi connectivity index (χ1) is 12.0. The molecule has 1 amide bonds. The van der Waals surface area contributed by atoms with Crippen LogP contribution in [-0.2, 0) is 22.6 Å². The van der Waals surface area contributed by atoms with Gasteiger partial charge in [-0.3, -0.25) is 9.59 Å². The van der Waals surface area contributed by atoms with E-state index in [1.165, 1.54) is 4.90 Å². The molecule has 2 rings (SSSR count). The lowest BCUT2D eigenvalue weighted by molar-refractivity contribution is -0.144. The molecule has 5 nitrogen and oxygen atoms in total. The number of hydrogen-bond acceptors (Lipinski definition) is 3. The van der Waals surface area contributed by atoms with E-state index in [4.69, 9.17) is 21.4 Å². The molecule has 0 aliphatic carbocycles. The van der Waals surface area contributed by atoms with E-state index in [0.717, 1.165) is 5.56 Å². The number of carboxylic acids is 1. The average molecular weight is 362 g/mol.